The van der Waals surface area contributed by atoms with Crippen molar-refractivity contribution >= 4 is 46.3 Å². The average molecular weight is 464 g/mol. The molecule has 4 aromatic rings. The maximum absolute atomic E-state index is 11.9. The molecule has 0 aliphatic heterocycles. The number of benzene rings is 2. The zero-order valence-corrected chi connectivity index (χ0v) is 18.0. The van der Waals surface area contributed by atoms with E-state index in [9.17, 15) is 9.59 Å². The van der Waals surface area contributed by atoms with Gasteiger partial charge in [-0.25, -0.2) is 9.78 Å². The Balaban J connectivity index is 1.39. The average Bonchev–Trinajstić information content (AvgIpc) is 3.57. The van der Waals surface area contributed by atoms with E-state index in [-0.39, 0.29) is 28.4 Å². The quantitative estimate of drug-likeness (QED) is 0.380. The first-order valence-electron chi connectivity index (χ1n) is 10.2. The van der Waals surface area contributed by atoms with E-state index in [4.69, 9.17) is 16.7 Å². The van der Waals surface area contributed by atoms with Crippen LogP contribution >= 0.6 is 11.6 Å². The molecule has 0 radical (unpaired) electrons. The largest absolute Gasteiger partial charge is 0.478 e. The smallest absolute Gasteiger partial charge is 0.337 e. The fraction of sp³-hybridized carbons (Fsp3) is 0.182. The van der Waals surface area contributed by atoms with Crippen molar-refractivity contribution in [3.63, 3.8) is 0 Å². The maximum Gasteiger partial charge on any atom is 0.337 e. The molecule has 1 fully saturated rings. The topological polar surface area (TPSA) is 135 Å². The number of hydrogen-bond donors (Lipinski definition) is 3. The van der Waals surface area contributed by atoms with Crippen molar-refractivity contribution in [2.24, 2.45) is 5.92 Å². The summed E-state index contributed by atoms with van der Waals surface area (Å²) in [4.78, 5) is 31.8. The zero-order chi connectivity index (χ0) is 22.9. The number of halogens is 1. The summed E-state index contributed by atoms with van der Waals surface area (Å²) in [7, 11) is 0. The third-order valence-electron chi connectivity index (χ3n) is 5.22. The molecule has 0 atom stereocenters. The molecule has 1 amide bonds. The van der Waals surface area contributed by atoms with Crippen LogP contribution < -0.4 is 10.6 Å². The second-order valence-corrected chi connectivity index (χ2v) is 8.10. The third kappa shape index (κ3) is 4.46. The summed E-state index contributed by atoms with van der Waals surface area (Å²) in [6.45, 7) is 0.435. The van der Waals surface area contributed by atoms with Crippen LogP contribution in [-0.2, 0) is 11.3 Å². The molecule has 2 heterocycles. The van der Waals surface area contributed by atoms with E-state index in [1.54, 1.807) is 16.9 Å². The molecule has 166 valence electrons. The highest BCUT2D eigenvalue weighted by molar-refractivity contribution is 6.33. The highest BCUT2D eigenvalue weighted by atomic mass is 35.5. The molecule has 5 rings (SSSR count). The minimum atomic E-state index is -1.10. The molecule has 1 saturated carbocycles. The second kappa shape index (κ2) is 8.47. The number of aromatic nitrogens is 5. The Kier molecular flexibility index (Phi) is 5.35. The molecule has 2 aromatic heterocycles. The minimum absolute atomic E-state index is 0.00839. The maximum atomic E-state index is 11.9. The number of carbonyl (C=O) groups excluding carboxylic acids is 1. The Morgan fingerprint density at radius 1 is 1.18 bits per heavy atom. The number of carboxylic acids is 1. The van der Waals surface area contributed by atoms with Gasteiger partial charge in [-0.05, 0) is 48.7 Å². The standard InChI is InChI=1S/C22H18ClN7O3/c23-17-9-14(6-7-16(17)21(32)33)26-22-25-11-18-19(27-22)30(29-28-18)15-3-1-2-12(8-15)10-24-20(31)13-4-5-13/h1-3,6-9,11,13H,4-5,10H2,(H,24,31)(H,32,33)(H,25,26,27). The van der Waals surface area contributed by atoms with Crippen molar-refractivity contribution in [1.29, 1.82) is 0 Å². The Labute approximate surface area is 192 Å². The Bertz CT molecular complexity index is 1380. The lowest BCUT2D eigenvalue weighted by molar-refractivity contribution is -0.122. The number of hydrogen-bond acceptors (Lipinski definition) is 7. The molecule has 1 aliphatic carbocycles. The van der Waals surface area contributed by atoms with Crippen LogP contribution in [0.5, 0.6) is 0 Å². The summed E-state index contributed by atoms with van der Waals surface area (Å²) in [5.41, 5.74) is 3.22. The summed E-state index contributed by atoms with van der Waals surface area (Å²) in [6.07, 6.45) is 3.46. The van der Waals surface area contributed by atoms with Gasteiger partial charge in [-0.2, -0.15) is 9.67 Å². The van der Waals surface area contributed by atoms with Crippen LogP contribution in [0.2, 0.25) is 5.02 Å². The van der Waals surface area contributed by atoms with Gasteiger partial charge >= 0.3 is 5.97 Å². The molecular weight excluding hydrogens is 446 g/mol. The fourth-order valence-corrected chi connectivity index (χ4v) is 3.60. The van der Waals surface area contributed by atoms with Gasteiger partial charge in [0.25, 0.3) is 0 Å². The van der Waals surface area contributed by atoms with Gasteiger partial charge in [0.1, 0.15) is 0 Å². The van der Waals surface area contributed by atoms with E-state index >= 15 is 0 Å². The lowest BCUT2D eigenvalue weighted by atomic mass is 10.2. The number of anilines is 2. The molecule has 0 spiro atoms. The van der Waals surface area contributed by atoms with Crippen LogP contribution in [-0.4, -0.2) is 41.9 Å². The van der Waals surface area contributed by atoms with E-state index in [0.29, 0.717) is 23.4 Å². The number of nitrogens with one attached hydrogen (secondary N) is 2. The Morgan fingerprint density at radius 2 is 2.03 bits per heavy atom. The lowest BCUT2D eigenvalue weighted by Gasteiger charge is -2.08. The number of aromatic carboxylic acids is 1. The molecule has 0 bridgehead atoms. The van der Waals surface area contributed by atoms with Crippen LogP contribution in [0.3, 0.4) is 0 Å². The van der Waals surface area contributed by atoms with Crippen molar-refractivity contribution in [3.8, 4) is 5.69 Å². The lowest BCUT2D eigenvalue weighted by Crippen LogP contribution is -2.24. The van der Waals surface area contributed by atoms with E-state index in [1.165, 1.54) is 12.1 Å². The van der Waals surface area contributed by atoms with Crippen LogP contribution in [0.15, 0.2) is 48.7 Å². The van der Waals surface area contributed by atoms with Gasteiger partial charge in [0.05, 0.1) is 22.5 Å². The van der Waals surface area contributed by atoms with Crippen molar-refractivity contribution in [2.45, 2.75) is 19.4 Å². The van der Waals surface area contributed by atoms with Gasteiger partial charge in [-0.1, -0.05) is 28.9 Å². The van der Waals surface area contributed by atoms with Crippen molar-refractivity contribution in [2.75, 3.05) is 5.32 Å². The fourth-order valence-electron chi connectivity index (χ4n) is 3.33. The first kappa shape index (κ1) is 20.8. The predicted molar refractivity (Wildman–Crippen MR) is 121 cm³/mol. The van der Waals surface area contributed by atoms with Gasteiger partial charge in [0, 0.05) is 18.2 Å². The van der Waals surface area contributed by atoms with E-state index in [0.717, 1.165) is 24.1 Å². The molecule has 10 nitrogen and oxygen atoms in total. The molecule has 2 aromatic carbocycles. The highest BCUT2D eigenvalue weighted by Gasteiger charge is 2.29. The summed E-state index contributed by atoms with van der Waals surface area (Å²) >= 11 is 6.04. The van der Waals surface area contributed by atoms with Crippen LogP contribution in [0.25, 0.3) is 16.9 Å². The first-order valence-corrected chi connectivity index (χ1v) is 10.6. The van der Waals surface area contributed by atoms with Crippen LogP contribution in [0.1, 0.15) is 28.8 Å². The molecule has 0 saturated heterocycles. The predicted octanol–water partition coefficient (Wildman–Crippen LogP) is 3.33. The Morgan fingerprint density at radius 3 is 2.79 bits per heavy atom. The van der Waals surface area contributed by atoms with Crippen molar-refractivity contribution in [1.82, 2.24) is 30.3 Å². The normalized spacial score (nSPS) is 13.1. The first-order chi connectivity index (χ1) is 16.0. The summed E-state index contributed by atoms with van der Waals surface area (Å²) < 4.78 is 1.59. The summed E-state index contributed by atoms with van der Waals surface area (Å²) in [5, 5.41) is 23.5. The second-order valence-electron chi connectivity index (χ2n) is 7.69. The monoisotopic (exact) mass is 463 g/mol. The number of carboxylic acid groups (broad SMARTS) is 1. The molecule has 1 aliphatic rings. The highest BCUT2D eigenvalue weighted by Crippen LogP contribution is 2.29. The minimum Gasteiger partial charge on any atom is -0.478 e. The SMILES string of the molecule is O=C(O)c1ccc(Nc2ncc3nnn(-c4cccc(CNC(=O)C5CC5)c4)c3n2)cc1Cl. The molecule has 3 N–H and O–H groups in total. The van der Waals surface area contributed by atoms with E-state index in [1.807, 2.05) is 24.3 Å². The number of nitrogens with zero attached hydrogens (tertiary/aromatic N) is 5. The van der Waals surface area contributed by atoms with Gasteiger partial charge in [-0.15, -0.1) is 5.10 Å². The van der Waals surface area contributed by atoms with E-state index < -0.39 is 5.97 Å². The molecule has 33 heavy (non-hydrogen) atoms. The van der Waals surface area contributed by atoms with Gasteiger partial charge in [-0.3, -0.25) is 4.79 Å². The molecular formula is C22H18ClN7O3. The number of rotatable bonds is 7. The number of carbonyl (C=O) groups is 2. The number of amides is 1. The number of fused-ring (bicyclic) bond motifs is 1. The third-order valence-corrected chi connectivity index (χ3v) is 5.53. The van der Waals surface area contributed by atoms with Crippen LogP contribution in [0.4, 0.5) is 11.6 Å². The van der Waals surface area contributed by atoms with E-state index in [2.05, 4.69) is 30.9 Å². The summed E-state index contributed by atoms with van der Waals surface area (Å²) in [5.74, 6) is -0.580. The molecule has 0 unspecified atom stereocenters. The summed E-state index contributed by atoms with van der Waals surface area (Å²) in [6, 6.07) is 12.1. The molecule has 11 heteroatoms. The van der Waals surface area contributed by atoms with Crippen molar-refractivity contribution in [3.05, 3.63) is 64.8 Å². The van der Waals surface area contributed by atoms with Gasteiger partial charge in [0.2, 0.25) is 11.9 Å². The van der Waals surface area contributed by atoms with Gasteiger partial charge in [0.15, 0.2) is 11.2 Å². The van der Waals surface area contributed by atoms with Crippen molar-refractivity contribution < 1.29 is 14.7 Å². The Hall–Kier alpha value is -4.05. The zero-order valence-electron chi connectivity index (χ0n) is 17.2. The van der Waals surface area contributed by atoms with Gasteiger partial charge < -0.3 is 15.7 Å². The van der Waals surface area contributed by atoms with Crippen LogP contribution in [0, 0.1) is 5.92 Å².